The lowest BCUT2D eigenvalue weighted by atomic mass is 10.2. The van der Waals surface area contributed by atoms with Gasteiger partial charge in [-0.2, -0.15) is 0 Å². The highest BCUT2D eigenvalue weighted by molar-refractivity contribution is 9.10. The summed E-state index contributed by atoms with van der Waals surface area (Å²) in [4.78, 5) is 5.46. The Morgan fingerprint density at radius 2 is 2.45 bits per heavy atom. The van der Waals surface area contributed by atoms with E-state index < -0.39 is 0 Å². The Balaban J connectivity index is 1.83. The smallest absolute Gasteiger partial charge is 0.0794 e. The molecule has 1 aromatic heterocycles. The van der Waals surface area contributed by atoms with Gasteiger partial charge in [0.15, 0.2) is 0 Å². The Bertz CT molecular complexity index is 228. The number of hydrogen-bond donors (Lipinski definition) is 0. The van der Waals surface area contributed by atoms with Gasteiger partial charge in [0, 0.05) is 15.4 Å². The van der Waals surface area contributed by atoms with Crippen LogP contribution in [0.4, 0.5) is 0 Å². The third-order valence-corrected chi connectivity index (χ3v) is 4.12. The molecular formula is C8H10BrNS. The van der Waals surface area contributed by atoms with E-state index in [9.17, 15) is 0 Å². The molecule has 11 heavy (non-hydrogen) atoms. The quantitative estimate of drug-likeness (QED) is 0.730. The zero-order valence-corrected chi connectivity index (χ0v) is 8.62. The van der Waals surface area contributed by atoms with Crippen LogP contribution in [0.3, 0.4) is 0 Å². The second-order valence-corrected chi connectivity index (χ2v) is 5.77. The van der Waals surface area contributed by atoms with E-state index >= 15 is 0 Å². The van der Waals surface area contributed by atoms with Crippen molar-refractivity contribution >= 4 is 27.3 Å². The summed E-state index contributed by atoms with van der Waals surface area (Å²) in [6.07, 6.45) is 7.14. The van der Waals surface area contributed by atoms with Crippen LogP contribution in [0.15, 0.2) is 11.7 Å². The van der Waals surface area contributed by atoms with Gasteiger partial charge < -0.3 is 0 Å². The summed E-state index contributed by atoms with van der Waals surface area (Å²) in [6.45, 7) is 0. The van der Waals surface area contributed by atoms with Gasteiger partial charge in [-0.3, -0.25) is 4.98 Å². The molecule has 0 saturated heterocycles. The fourth-order valence-corrected chi connectivity index (χ4v) is 2.09. The monoisotopic (exact) mass is 231 g/mol. The summed E-state index contributed by atoms with van der Waals surface area (Å²) < 4.78 is 0.511. The fourth-order valence-electron chi connectivity index (χ4n) is 1.10. The van der Waals surface area contributed by atoms with Gasteiger partial charge >= 0.3 is 0 Å². The number of thiazole rings is 1. The van der Waals surface area contributed by atoms with Gasteiger partial charge in [-0.25, -0.2) is 0 Å². The number of aryl methyl sites for hydroxylation is 1. The molecular weight excluding hydrogens is 222 g/mol. The number of rotatable bonds is 3. The number of aromatic nitrogens is 1. The van der Waals surface area contributed by atoms with Gasteiger partial charge in [-0.1, -0.05) is 15.9 Å². The molecule has 1 aliphatic carbocycles. The third kappa shape index (κ3) is 2.03. The van der Waals surface area contributed by atoms with Gasteiger partial charge in [0.2, 0.25) is 0 Å². The van der Waals surface area contributed by atoms with E-state index in [0.29, 0.717) is 4.32 Å². The van der Waals surface area contributed by atoms with Crippen molar-refractivity contribution in [3.63, 3.8) is 0 Å². The Labute approximate surface area is 79.0 Å². The molecule has 0 aromatic carbocycles. The first-order chi connectivity index (χ1) is 5.29. The second kappa shape index (κ2) is 2.87. The summed E-state index contributed by atoms with van der Waals surface area (Å²) in [6, 6.07) is 0. The lowest BCUT2D eigenvalue weighted by molar-refractivity contribution is 0.789. The molecule has 0 radical (unpaired) electrons. The van der Waals surface area contributed by atoms with Gasteiger partial charge in [-0.05, 0) is 25.7 Å². The highest BCUT2D eigenvalue weighted by Gasteiger charge is 2.38. The zero-order chi connectivity index (χ0) is 7.73. The van der Waals surface area contributed by atoms with Crippen molar-refractivity contribution in [3.05, 3.63) is 16.6 Å². The first-order valence-electron chi connectivity index (χ1n) is 3.85. The van der Waals surface area contributed by atoms with Crippen LogP contribution in [0, 0.1) is 0 Å². The highest BCUT2D eigenvalue weighted by Crippen LogP contribution is 2.48. The largest absolute Gasteiger partial charge is 0.253 e. The average molecular weight is 232 g/mol. The molecule has 0 N–H and O–H groups in total. The first-order valence-corrected chi connectivity index (χ1v) is 5.52. The second-order valence-electron chi connectivity index (χ2n) is 3.12. The molecule has 0 amide bonds. The minimum Gasteiger partial charge on any atom is -0.253 e. The van der Waals surface area contributed by atoms with Gasteiger partial charge in [0.05, 0.1) is 5.51 Å². The molecule has 1 fully saturated rings. The van der Waals surface area contributed by atoms with Crippen LogP contribution in [0.1, 0.15) is 24.1 Å². The predicted octanol–water partition coefficient (Wildman–Crippen LogP) is 3.00. The Morgan fingerprint density at radius 3 is 3.00 bits per heavy atom. The lowest BCUT2D eigenvalue weighted by Gasteiger charge is -2.02. The van der Waals surface area contributed by atoms with E-state index in [2.05, 4.69) is 20.9 Å². The molecule has 0 bridgehead atoms. The number of alkyl halides is 1. The third-order valence-electron chi connectivity index (χ3n) is 2.10. The average Bonchev–Trinajstić information content (AvgIpc) is 2.53. The van der Waals surface area contributed by atoms with E-state index in [1.54, 1.807) is 11.3 Å². The minimum absolute atomic E-state index is 0.511. The number of nitrogens with zero attached hydrogens (tertiary/aromatic N) is 1. The van der Waals surface area contributed by atoms with Crippen LogP contribution in [0.25, 0.3) is 0 Å². The van der Waals surface area contributed by atoms with Crippen LogP contribution in [0.2, 0.25) is 0 Å². The highest BCUT2D eigenvalue weighted by atomic mass is 79.9. The summed E-state index contributed by atoms with van der Waals surface area (Å²) in [5.74, 6) is 0. The van der Waals surface area contributed by atoms with Crippen molar-refractivity contribution in [1.29, 1.82) is 0 Å². The van der Waals surface area contributed by atoms with E-state index in [0.717, 1.165) is 0 Å². The fraction of sp³-hybridized carbons (Fsp3) is 0.625. The molecule has 0 unspecified atom stereocenters. The summed E-state index contributed by atoms with van der Waals surface area (Å²) in [5.41, 5.74) is 1.91. The molecule has 1 saturated carbocycles. The number of hydrogen-bond acceptors (Lipinski definition) is 2. The van der Waals surface area contributed by atoms with Crippen LogP contribution in [-0.4, -0.2) is 9.31 Å². The van der Waals surface area contributed by atoms with Crippen molar-refractivity contribution in [2.75, 3.05) is 0 Å². The molecule has 1 aliphatic rings. The SMILES string of the molecule is BrC1(CCc2cncs2)CC1. The molecule has 2 rings (SSSR count). The Kier molecular flexibility index (Phi) is 2.02. The van der Waals surface area contributed by atoms with Crippen molar-refractivity contribution in [1.82, 2.24) is 4.98 Å². The maximum absolute atomic E-state index is 4.05. The van der Waals surface area contributed by atoms with Crippen LogP contribution >= 0.6 is 27.3 Å². The Morgan fingerprint density at radius 1 is 1.64 bits per heavy atom. The van der Waals surface area contributed by atoms with Crippen LogP contribution < -0.4 is 0 Å². The molecule has 3 heteroatoms. The van der Waals surface area contributed by atoms with E-state index in [1.807, 2.05) is 11.7 Å². The van der Waals surface area contributed by atoms with Crippen molar-refractivity contribution < 1.29 is 0 Å². The minimum atomic E-state index is 0.511. The van der Waals surface area contributed by atoms with Crippen molar-refractivity contribution in [3.8, 4) is 0 Å². The molecule has 0 aliphatic heterocycles. The molecule has 60 valence electrons. The van der Waals surface area contributed by atoms with E-state index in [4.69, 9.17) is 0 Å². The van der Waals surface area contributed by atoms with Crippen LogP contribution in [0.5, 0.6) is 0 Å². The van der Waals surface area contributed by atoms with Gasteiger partial charge in [0.25, 0.3) is 0 Å². The Hall–Kier alpha value is 0.110. The summed E-state index contributed by atoms with van der Waals surface area (Å²) in [5, 5.41) is 0. The molecule has 1 aromatic rings. The van der Waals surface area contributed by atoms with E-state index in [-0.39, 0.29) is 0 Å². The topological polar surface area (TPSA) is 12.9 Å². The van der Waals surface area contributed by atoms with E-state index in [1.165, 1.54) is 30.6 Å². The normalized spacial score (nSPS) is 20.1. The maximum Gasteiger partial charge on any atom is 0.0794 e. The molecule has 0 spiro atoms. The van der Waals surface area contributed by atoms with Gasteiger partial charge in [-0.15, -0.1) is 11.3 Å². The summed E-state index contributed by atoms with van der Waals surface area (Å²) in [7, 11) is 0. The standard InChI is InChI=1S/C8H10BrNS/c9-8(3-4-8)2-1-7-5-10-6-11-7/h5-6H,1-4H2. The molecule has 0 atom stereocenters. The zero-order valence-electron chi connectivity index (χ0n) is 6.22. The maximum atomic E-state index is 4.05. The van der Waals surface area contributed by atoms with Crippen molar-refractivity contribution in [2.45, 2.75) is 30.0 Å². The van der Waals surface area contributed by atoms with Crippen LogP contribution in [-0.2, 0) is 6.42 Å². The van der Waals surface area contributed by atoms with Crippen molar-refractivity contribution in [2.24, 2.45) is 0 Å². The predicted molar refractivity (Wildman–Crippen MR) is 51.3 cm³/mol. The number of halogens is 1. The first kappa shape index (κ1) is 7.74. The lowest BCUT2D eigenvalue weighted by Crippen LogP contribution is -1.97. The summed E-state index contributed by atoms with van der Waals surface area (Å²) >= 11 is 5.48. The molecule has 1 heterocycles. The van der Waals surface area contributed by atoms with Gasteiger partial charge in [0.1, 0.15) is 0 Å². The molecule has 1 nitrogen and oxygen atoms in total.